The third-order valence-electron chi connectivity index (χ3n) is 2.94. The molecule has 4 heteroatoms. The SMILES string of the molecule is CCC[Si]1(C)CCCC(C)(OC(C)=O)O1. The van der Waals surface area contributed by atoms with Crippen molar-refractivity contribution in [2.75, 3.05) is 0 Å². The Kier molecular flexibility index (Phi) is 3.95. The Hall–Kier alpha value is -0.353. The van der Waals surface area contributed by atoms with E-state index < -0.39 is 14.1 Å². The summed E-state index contributed by atoms with van der Waals surface area (Å²) in [6, 6.07) is 2.35. The number of carbonyl (C=O) groups excluding carboxylic acids is 1. The summed E-state index contributed by atoms with van der Waals surface area (Å²) in [5.41, 5.74) is 0. The normalized spacial score (nSPS) is 36.3. The molecule has 0 N–H and O–H groups in total. The molecule has 0 bridgehead atoms. The first-order valence-electron chi connectivity index (χ1n) is 5.79. The van der Waals surface area contributed by atoms with E-state index in [1.165, 1.54) is 13.0 Å². The molecule has 1 fully saturated rings. The largest absolute Gasteiger partial charge is 0.435 e. The average molecular weight is 230 g/mol. The third kappa shape index (κ3) is 3.61. The summed E-state index contributed by atoms with van der Waals surface area (Å²) in [6.07, 6.45) is 3.10. The van der Waals surface area contributed by atoms with Gasteiger partial charge in [-0.05, 0) is 25.1 Å². The van der Waals surface area contributed by atoms with Crippen LogP contribution in [0.4, 0.5) is 0 Å². The fraction of sp³-hybridized carbons (Fsp3) is 0.909. The molecule has 2 atom stereocenters. The van der Waals surface area contributed by atoms with Gasteiger partial charge in [0.2, 0.25) is 5.79 Å². The van der Waals surface area contributed by atoms with Crippen LogP contribution in [0.2, 0.25) is 18.6 Å². The highest BCUT2D eigenvalue weighted by atomic mass is 28.4. The van der Waals surface area contributed by atoms with Crippen LogP contribution in [0.15, 0.2) is 0 Å². The standard InChI is InChI=1S/C11H22O3Si/c1-5-8-15(4)9-6-7-11(3,14-15)13-10(2)12/h5-9H2,1-4H3. The smallest absolute Gasteiger partial charge is 0.305 e. The van der Waals surface area contributed by atoms with Gasteiger partial charge in [-0.1, -0.05) is 13.3 Å². The zero-order valence-electron chi connectivity index (χ0n) is 10.3. The molecular formula is C11H22O3Si. The summed E-state index contributed by atoms with van der Waals surface area (Å²) in [6.45, 7) is 7.77. The molecule has 2 unspecified atom stereocenters. The predicted octanol–water partition coefficient (Wildman–Crippen LogP) is 3.06. The number of rotatable bonds is 3. The third-order valence-corrected chi connectivity index (χ3v) is 6.83. The minimum absolute atomic E-state index is 0.243. The molecule has 0 radical (unpaired) electrons. The first kappa shape index (κ1) is 12.7. The van der Waals surface area contributed by atoms with Gasteiger partial charge >= 0.3 is 5.97 Å². The van der Waals surface area contributed by atoms with E-state index in [1.807, 2.05) is 6.92 Å². The van der Waals surface area contributed by atoms with E-state index in [2.05, 4.69) is 13.5 Å². The number of hydrogen-bond acceptors (Lipinski definition) is 3. The van der Waals surface area contributed by atoms with Crippen LogP contribution < -0.4 is 0 Å². The van der Waals surface area contributed by atoms with E-state index in [4.69, 9.17) is 9.16 Å². The molecule has 0 aromatic heterocycles. The van der Waals surface area contributed by atoms with Gasteiger partial charge in [-0.25, -0.2) is 0 Å². The molecule has 1 saturated heterocycles. The van der Waals surface area contributed by atoms with Crippen molar-refractivity contribution in [2.24, 2.45) is 0 Å². The van der Waals surface area contributed by atoms with Crippen molar-refractivity contribution in [2.45, 2.75) is 64.5 Å². The number of ether oxygens (including phenoxy) is 1. The van der Waals surface area contributed by atoms with E-state index in [1.54, 1.807) is 0 Å². The van der Waals surface area contributed by atoms with E-state index in [0.717, 1.165) is 25.3 Å². The van der Waals surface area contributed by atoms with Crippen molar-refractivity contribution in [3.05, 3.63) is 0 Å². The van der Waals surface area contributed by atoms with Gasteiger partial charge in [-0.15, -0.1) is 0 Å². The van der Waals surface area contributed by atoms with Crippen LogP contribution in [0.5, 0.6) is 0 Å². The average Bonchev–Trinajstić information content (AvgIpc) is 1.99. The predicted molar refractivity (Wildman–Crippen MR) is 62.0 cm³/mol. The van der Waals surface area contributed by atoms with Gasteiger partial charge < -0.3 is 9.16 Å². The Morgan fingerprint density at radius 3 is 2.80 bits per heavy atom. The number of carbonyl (C=O) groups is 1. The number of esters is 1. The molecule has 0 spiro atoms. The summed E-state index contributed by atoms with van der Waals surface area (Å²) < 4.78 is 11.4. The summed E-state index contributed by atoms with van der Waals surface area (Å²) in [7, 11) is -1.62. The summed E-state index contributed by atoms with van der Waals surface area (Å²) in [4.78, 5) is 11.0. The van der Waals surface area contributed by atoms with Gasteiger partial charge in [-0.2, -0.15) is 0 Å². The van der Waals surface area contributed by atoms with Crippen LogP contribution in [-0.4, -0.2) is 20.1 Å². The van der Waals surface area contributed by atoms with Crippen LogP contribution in [0.25, 0.3) is 0 Å². The quantitative estimate of drug-likeness (QED) is 0.552. The van der Waals surface area contributed by atoms with E-state index in [-0.39, 0.29) is 5.97 Å². The molecule has 1 heterocycles. The van der Waals surface area contributed by atoms with Gasteiger partial charge in [0.15, 0.2) is 8.32 Å². The molecule has 0 saturated carbocycles. The fourth-order valence-corrected chi connectivity index (χ4v) is 6.11. The van der Waals surface area contributed by atoms with Gasteiger partial charge in [-0.3, -0.25) is 4.79 Å². The second kappa shape index (κ2) is 4.66. The topological polar surface area (TPSA) is 35.5 Å². The van der Waals surface area contributed by atoms with Gasteiger partial charge in [0.05, 0.1) is 0 Å². The molecule has 0 aromatic rings. The molecular weight excluding hydrogens is 208 g/mol. The summed E-state index contributed by atoms with van der Waals surface area (Å²) in [5.74, 6) is -0.896. The first-order chi connectivity index (χ1) is 6.89. The highest BCUT2D eigenvalue weighted by Gasteiger charge is 2.43. The van der Waals surface area contributed by atoms with Crippen molar-refractivity contribution in [1.29, 1.82) is 0 Å². The Morgan fingerprint density at radius 1 is 1.60 bits per heavy atom. The molecule has 0 aromatic carbocycles. The van der Waals surface area contributed by atoms with Crippen LogP contribution in [0.3, 0.4) is 0 Å². The summed E-state index contributed by atoms with van der Waals surface area (Å²) >= 11 is 0. The zero-order valence-corrected chi connectivity index (χ0v) is 11.3. The Balaban J connectivity index is 2.65. The monoisotopic (exact) mass is 230 g/mol. The van der Waals surface area contributed by atoms with Crippen LogP contribution >= 0.6 is 0 Å². The second-order valence-corrected chi connectivity index (χ2v) is 8.99. The maximum Gasteiger partial charge on any atom is 0.305 e. The lowest BCUT2D eigenvalue weighted by molar-refractivity contribution is -0.198. The molecule has 0 aliphatic carbocycles. The van der Waals surface area contributed by atoms with Crippen molar-refractivity contribution in [1.82, 2.24) is 0 Å². The Morgan fingerprint density at radius 2 is 2.27 bits per heavy atom. The zero-order chi connectivity index (χ0) is 11.5. The van der Waals surface area contributed by atoms with Crippen molar-refractivity contribution in [3.8, 4) is 0 Å². The maximum atomic E-state index is 11.0. The van der Waals surface area contributed by atoms with Crippen molar-refractivity contribution < 1.29 is 14.0 Å². The fourth-order valence-electron chi connectivity index (χ4n) is 2.49. The van der Waals surface area contributed by atoms with Crippen LogP contribution in [0, 0.1) is 0 Å². The molecule has 15 heavy (non-hydrogen) atoms. The van der Waals surface area contributed by atoms with Crippen LogP contribution in [0.1, 0.15) is 40.0 Å². The highest BCUT2D eigenvalue weighted by Crippen LogP contribution is 2.36. The molecule has 3 nitrogen and oxygen atoms in total. The lowest BCUT2D eigenvalue weighted by Crippen LogP contribution is -2.50. The lowest BCUT2D eigenvalue weighted by atomic mass is 10.2. The molecule has 1 aliphatic heterocycles. The van der Waals surface area contributed by atoms with Crippen molar-refractivity contribution >= 4 is 14.3 Å². The Bertz CT molecular complexity index is 240. The summed E-state index contributed by atoms with van der Waals surface area (Å²) in [5, 5.41) is 0. The molecule has 88 valence electrons. The van der Waals surface area contributed by atoms with Gasteiger partial charge in [0.25, 0.3) is 0 Å². The molecule has 0 amide bonds. The van der Waals surface area contributed by atoms with Crippen LogP contribution in [-0.2, 0) is 14.0 Å². The van der Waals surface area contributed by atoms with Crippen molar-refractivity contribution in [3.63, 3.8) is 0 Å². The lowest BCUT2D eigenvalue weighted by Gasteiger charge is -2.43. The highest BCUT2D eigenvalue weighted by molar-refractivity contribution is 6.72. The molecule has 1 rings (SSSR count). The van der Waals surface area contributed by atoms with E-state index >= 15 is 0 Å². The molecule has 1 aliphatic rings. The van der Waals surface area contributed by atoms with Gasteiger partial charge in [0, 0.05) is 20.3 Å². The van der Waals surface area contributed by atoms with E-state index in [0.29, 0.717) is 0 Å². The minimum atomic E-state index is -1.62. The van der Waals surface area contributed by atoms with E-state index in [9.17, 15) is 4.79 Å². The van der Waals surface area contributed by atoms with Gasteiger partial charge in [0.1, 0.15) is 0 Å². The second-order valence-electron chi connectivity index (χ2n) is 4.88. The first-order valence-corrected chi connectivity index (χ1v) is 8.61. The minimum Gasteiger partial charge on any atom is -0.435 e. The number of hydrogen-bond donors (Lipinski definition) is 0. The maximum absolute atomic E-state index is 11.0. The Labute approximate surface area is 93.3 Å².